The number of benzene rings is 1. The number of Topliss-reactive ketones (excluding diaryl/α,β-unsaturated/α-hetero) is 1. The van der Waals surface area contributed by atoms with Gasteiger partial charge in [-0.1, -0.05) is 51.5 Å². The van der Waals surface area contributed by atoms with Gasteiger partial charge in [0.25, 0.3) is 0 Å². The maximum absolute atomic E-state index is 12.3. The molecule has 1 aliphatic rings. The van der Waals surface area contributed by atoms with Crippen LogP contribution in [0.15, 0.2) is 24.3 Å². The van der Waals surface area contributed by atoms with Gasteiger partial charge in [-0.2, -0.15) is 0 Å². The average molecular weight is 315 g/mol. The first-order valence-electron chi connectivity index (χ1n) is 8.89. The van der Waals surface area contributed by atoms with E-state index in [1.54, 1.807) is 0 Å². The second-order valence-corrected chi connectivity index (χ2v) is 7.11. The maximum atomic E-state index is 12.3. The Kier molecular flexibility index (Phi) is 6.37. The number of piperidine rings is 1. The van der Waals surface area contributed by atoms with Crippen molar-refractivity contribution < 1.29 is 9.59 Å². The first-order chi connectivity index (χ1) is 11.0. The molecule has 23 heavy (non-hydrogen) atoms. The van der Waals surface area contributed by atoms with Crippen molar-refractivity contribution in [2.75, 3.05) is 13.1 Å². The van der Waals surface area contributed by atoms with Crippen LogP contribution in [0.25, 0.3) is 0 Å². The largest absolute Gasteiger partial charge is 0.342 e. The fourth-order valence-electron chi connectivity index (χ4n) is 3.54. The van der Waals surface area contributed by atoms with Crippen molar-refractivity contribution in [3.05, 3.63) is 35.4 Å². The Balaban J connectivity index is 1.84. The summed E-state index contributed by atoms with van der Waals surface area (Å²) in [7, 11) is 0. The number of rotatable bonds is 6. The van der Waals surface area contributed by atoms with Crippen molar-refractivity contribution in [3.63, 3.8) is 0 Å². The molecule has 1 aromatic carbocycles. The molecule has 0 aliphatic carbocycles. The number of hydrogen-bond acceptors (Lipinski definition) is 2. The first kappa shape index (κ1) is 17.7. The van der Waals surface area contributed by atoms with Crippen LogP contribution in [-0.4, -0.2) is 29.7 Å². The van der Waals surface area contributed by atoms with E-state index in [4.69, 9.17) is 0 Å². The highest BCUT2D eigenvalue weighted by Gasteiger charge is 2.25. The Hall–Kier alpha value is -1.64. The summed E-state index contributed by atoms with van der Waals surface area (Å²) in [5.41, 5.74) is 1.98. The van der Waals surface area contributed by atoms with Gasteiger partial charge >= 0.3 is 0 Å². The van der Waals surface area contributed by atoms with Gasteiger partial charge in [-0.05, 0) is 30.2 Å². The van der Waals surface area contributed by atoms with Crippen LogP contribution in [0.2, 0.25) is 0 Å². The smallest absolute Gasteiger partial charge is 0.223 e. The second kappa shape index (κ2) is 8.28. The van der Waals surface area contributed by atoms with Gasteiger partial charge in [0.2, 0.25) is 5.91 Å². The fraction of sp³-hybridized carbons (Fsp3) is 0.600. The standard InChI is InChI=1S/C20H29NO2/c1-4-5-17-6-8-18(9-7-17)19(22)10-11-20(23)21-13-15(2)12-16(3)14-21/h6-9,15-16H,4-5,10-14H2,1-3H3. The van der Waals surface area contributed by atoms with Crippen LogP contribution in [0.3, 0.4) is 0 Å². The molecule has 2 atom stereocenters. The lowest BCUT2D eigenvalue weighted by molar-refractivity contribution is -0.133. The van der Waals surface area contributed by atoms with E-state index in [9.17, 15) is 9.59 Å². The Morgan fingerprint density at radius 2 is 1.65 bits per heavy atom. The zero-order chi connectivity index (χ0) is 16.8. The van der Waals surface area contributed by atoms with Crippen molar-refractivity contribution in [2.24, 2.45) is 11.8 Å². The van der Waals surface area contributed by atoms with E-state index in [-0.39, 0.29) is 11.7 Å². The quantitative estimate of drug-likeness (QED) is 0.741. The van der Waals surface area contributed by atoms with E-state index in [0.717, 1.165) is 31.5 Å². The number of amides is 1. The van der Waals surface area contributed by atoms with Crippen LogP contribution < -0.4 is 0 Å². The van der Waals surface area contributed by atoms with Crippen LogP contribution in [-0.2, 0) is 11.2 Å². The van der Waals surface area contributed by atoms with Gasteiger partial charge in [0.05, 0.1) is 0 Å². The number of nitrogens with zero attached hydrogens (tertiary/aromatic N) is 1. The van der Waals surface area contributed by atoms with E-state index in [2.05, 4.69) is 20.8 Å². The molecular formula is C20H29NO2. The molecular weight excluding hydrogens is 286 g/mol. The highest BCUT2D eigenvalue weighted by atomic mass is 16.2. The molecule has 0 N–H and O–H groups in total. The summed E-state index contributed by atoms with van der Waals surface area (Å²) in [6.45, 7) is 8.21. The lowest BCUT2D eigenvalue weighted by Crippen LogP contribution is -2.42. The number of ketones is 1. The predicted molar refractivity (Wildman–Crippen MR) is 93.5 cm³/mol. The molecule has 1 aromatic rings. The summed E-state index contributed by atoms with van der Waals surface area (Å²) in [6, 6.07) is 7.82. The van der Waals surface area contributed by atoms with Crippen molar-refractivity contribution in [2.45, 2.75) is 52.9 Å². The van der Waals surface area contributed by atoms with E-state index < -0.39 is 0 Å². The lowest BCUT2D eigenvalue weighted by Gasteiger charge is -2.35. The summed E-state index contributed by atoms with van der Waals surface area (Å²) in [5, 5.41) is 0. The van der Waals surface area contributed by atoms with Gasteiger partial charge in [-0.3, -0.25) is 9.59 Å². The van der Waals surface area contributed by atoms with Crippen LogP contribution in [0, 0.1) is 11.8 Å². The van der Waals surface area contributed by atoms with Gasteiger partial charge < -0.3 is 4.90 Å². The minimum Gasteiger partial charge on any atom is -0.342 e. The third kappa shape index (κ3) is 5.19. The molecule has 0 spiro atoms. The van der Waals surface area contributed by atoms with Gasteiger partial charge in [0.15, 0.2) is 5.78 Å². The molecule has 0 radical (unpaired) electrons. The molecule has 1 fully saturated rings. The third-order valence-corrected chi connectivity index (χ3v) is 4.60. The Bertz CT molecular complexity index is 525. The molecule has 0 aromatic heterocycles. The van der Waals surface area contributed by atoms with Crippen molar-refractivity contribution in [1.29, 1.82) is 0 Å². The van der Waals surface area contributed by atoms with Crippen LogP contribution >= 0.6 is 0 Å². The summed E-state index contributed by atoms with van der Waals surface area (Å²) in [5.74, 6) is 1.31. The van der Waals surface area contributed by atoms with Crippen molar-refractivity contribution in [3.8, 4) is 0 Å². The SMILES string of the molecule is CCCc1ccc(C(=O)CCC(=O)N2CC(C)CC(C)C2)cc1. The predicted octanol–water partition coefficient (Wildman–Crippen LogP) is 4.11. The third-order valence-electron chi connectivity index (χ3n) is 4.60. The van der Waals surface area contributed by atoms with Crippen molar-refractivity contribution >= 4 is 11.7 Å². The summed E-state index contributed by atoms with van der Waals surface area (Å²) >= 11 is 0. The second-order valence-electron chi connectivity index (χ2n) is 7.11. The van der Waals surface area contributed by atoms with Crippen LogP contribution in [0.4, 0.5) is 0 Å². The van der Waals surface area contributed by atoms with Crippen LogP contribution in [0.1, 0.15) is 62.4 Å². The summed E-state index contributed by atoms with van der Waals surface area (Å²) < 4.78 is 0. The van der Waals surface area contributed by atoms with E-state index in [1.165, 1.54) is 12.0 Å². The monoisotopic (exact) mass is 315 g/mol. The highest BCUT2D eigenvalue weighted by molar-refractivity contribution is 5.98. The molecule has 126 valence electrons. The average Bonchev–Trinajstić information content (AvgIpc) is 2.52. The Morgan fingerprint density at radius 1 is 1.04 bits per heavy atom. The molecule has 1 saturated heterocycles. The van der Waals surface area contributed by atoms with Crippen molar-refractivity contribution in [1.82, 2.24) is 4.90 Å². The lowest BCUT2D eigenvalue weighted by atomic mass is 9.91. The number of carbonyl (C=O) groups is 2. The number of aryl methyl sites for hydroxylation is 1. The summed E-state index contributed by atoms with van der Waals surface area (Å²) in [4.78, 5) is 26.5. The molecule has 1 heterocycles. The van der Waals surface area contributed by atoms with E-state index >= 15 is 0 Å². The Morgan fingerprint density at radius 3 is 2.22 bits per heavy atom. The van der Waals surface area contributed by atoms with Gasteiger partial charge in [-0.15, -0.1) is 0 Å². The molecule has 2 rings (SSSR count). The number of hydrogen-bond donors (Lipinski definition) is 0. The molecule has 3 heteroatoms. The molecule has 1 aliphatic heterocycles. The van der Waals surface area contributed by atoms with Crippen LogP contribution in [0.5, 0.6) is 0 Å². The maximum Gasteiger partial charge on any atom is 0.223 e. The van der Waals surface area contributed by atoms with Gasteiger partial charge in [-0.25, -0.2) is 0 Å². The van der Waals surface area contributed by atoms with Gasteiger partial charge in [0.1, 0.15) is 0 Å². The molecule has 1 amide bonds. The molecule has 0 bridgehead atoms. The fourth-order valence-corrected chi connectivity index (χ4v) is 3.54. The molecule has 0 saturated carbocycles. The number of carbonyl (C=O) groups excluding carboxylic acids is 2. The topological polar surface area (TPSA) is 37.4 Å². The molecule has 3 nitrogen and oxygen atoms in total. The highest BCUT2D eigenvalue weighted by Crippen LogP contribution is 2.22. The zero-order valence-corrected chi connectivity index (χ0v) is 14.7. The number of likely N-dealkylation sites (tertiary alicyclic amines) is 1. The summed E-state index contributed by atoms with van der Waals surface area (Å²) in [6.07, 6.45) is 3.97. The van der Waals surface area contributed by atoms with E-state index in [0.29, 0.717) is 24.7 Å². The molecule has 2 unspecified atom stereocenters. The normalized spacial score (nSPS) is 21.3. The Labute approximate surface area is 140 Å². The first-order valence-corrected chi connectivity index (χ1v) is 8.89. The minimum atomic E-state index is 0.0690. The van der Waals surface area contributed by atoms with E-state index in [1.807, 2.05) is 29.2 Å². The zero-order valence-electron chi connectivity index (χ0n) is 14.7. The minimum absolute atomic E-state index is 0.0690. The van der Waals surface area contributed by atoms with Gasteiger partial charge in [0, 0.05) is 31.5 Å².